The van der Waals surface area contributed by atoms with Gasteiger partial charge in [0.25, 0.3) is 5.91 Å². The Morgan fingerprint density at radius 2 is 1.76 bits per heavy atom. The molecule has 1 N–H and O–H groups in total. The number of halogens is 1. The Morgan fingerprint density at radius 3 is 2.38 bits per heavy atom. The molecule has 1 amide bonds. The lowest BCUT2D eigenvalue weighted by Crippen LogP contribution is -2.30. The fraction of sp³-hybridized carbons (Fsp3) is 0.333. The molecule has 29 heavy (non-hydrogen) atoms. The van der Waals surface area contributed by atoms with Gasteiger partial charge < -0.3 is 24.3 Å². The van der Waals surface area contributed by atoms with Crippen molar-refractivity contribution in [1.82, 2.24) is 0 Å². The van der Waals surface area contributed by atoms with Crippen molar-refractivity contribution in [3.8, 4) is 17.2 Å². The number of benzene rings is 2. The van der Waals surface area contributed by atoms with E-state index in [1.165, 1.54) is 21.1 Å². The van der Waals surface area contributed by atoms with E-state index in [0.29, 0.717) is 34.4 Å². The second kappa shape index (κ2) is 10.6. The predicted octanol–water partition coefficient (Wildman–Crippen LogP) is 3.87. The Morgan fingerprint density at radius 1 is 1.03 bits per heavy atom. The third kappa shape index (κ3) is 6.02. The van der Waals surface area contributed by atoms with Crippen LogP contribution in [0.3, 0.4) is 0 Å². The Bertz CT molecular complexity index is 870. The first-order chi connectivity index (χ1) is 13.9. The van der Waals surface area contributed by atoms with Crippen LogP contribution in [0.15, 0.2) is 36.4 Å². The van der Waals surface area contributed by atoms with Crippen LogP contribution in [0.2, 0.25) is 5.02 Å². The zero-order valence-corrected chi connectivity index (χ0v) is 17.5. The molecule has 0 aliphatic rings. The van der Waals surface area contributed by atoms with Gasteiger partial charge in [0.1, 0.15) is 5.75 Å². The molecule has 2 rings (SSSR count). The molecule has 0 radical (unpaired) electrons. The average Bonchev–Trinajstić information content (AvgIpc) is 2.71. The lowest BCUT2D eigenvalue weighted by atomic mass is 10.1. The third-order valence-electron chi connectivity index (χ3n) is 4.18. The molecule has 0 heterocycles. The van der Waals surface area contributed by atoms with Crippen LogP contribution in [0.1, 0.15) is 18.9 Å². The van der Waals surface area contributed by atoms with E-state index in [1.807, 2.05) is 12.1 Å². The van der Waals surface area contributed by atoms with E-state index in [2.05, 4.69) is 5.32 Å². The second-order valence-corrected chi connectivity index (χ2v) is 6.53. The number of aryl methyl sites for hydroxylation is 1. The largest absolute Gasteiger partial charge is 0.495 e. The molecule has 2 aromatic rings. The summed E-state index contributed by atoms with van der Waals surface area (Å²) < 4.78 is 20.9. The number of amides is 1. The fourth-order valence-corrected chi connectivity index (χ4v) is 2.94. The first-order valence-electron chi connectivity index (χ1n) is 8.93. The molecule has 0 bridgehead atoms. The van der Waals surface area contributed by atoms with Crippen LogP contribution in [0.25, 0.3) is 0 Å². The highest BCUT2D eigenvalue weighted by atomic mass is 35.5. The number of hydrogen-bond donors (Lipinski definition) is 1. The Labute approximate surface area is 174 Å². The van der Waals surface area contributed by atoms with Gasteiger partial charge in [-0.05, 0) is 43.2 Å². The number of methoxy groups -OCH3 is 3. The minimum absolute atomic E-state index is 0.0928. The van der Waals surface area contributed by atoms with Crippen LogP contribution in [0.4, 0.5) is 5.69 Å². The highest BCUT2D eigenvalue weighted by molar-refractivity contribution is 6.32. The lowest BCUT2D eigenvalue weighted by molar-refractivity contribution is -0.153. The summed E-state index contributed by atoms with van der Waals surface area (Å²) in [5.41, 5.74) is 1.29. The molecule has 0 aromatic heterocycles. The highest BCUT2D eigenvalue weighted by Crippen LogP contribution is 2.31. The van der Waals surface area contributed by atoms with Crippen molar-refractivity contribution in [3.05, 3.63) is 47.0 Å². The topological polar surface area (TPSA) is 83.1 Å². The number of para-hydroxylation sites is 1. The number of rotatable bonds is 9. The van der Waals surface area contributed by atoms with E-state index in [-0.39, 0.29) is 6.42 Å². The predicted molar refractivity (Wildman–Crippen MR) is 110 cm³/mol. The van der Waals surface area contributed by atoms with Crippen LogP contribution in [-0.4, -0.2) is 39.3 Å². The maximum atomic E-state index is 12.3. The quantitative estimate of drug-likeness (QED) is 0.619. The van der Waals surface area contributed by atoms with Crippen molar-refractivity contribution >= 4 is 29.2 Å². The molecule has 0 saturated carbocycles. The van der Waals surface area contributed by atoms with Gasteiger partial charge in [-0.15, -0.1) is 0 Å². The van der Waals surface area contributed by atoms with Crippen molar-refractivity contribution in [2.24, 2.45) is 0 Å². The number of carbonyl (C=O) groups is 2. The number of esters is 1. The van der Waals surface area contributed by atoms with Gasteiger partial charge in [-0.2, -0.15) is 0 Å². The van der Waals surface area contributed by atoms with Crippen molar-refractivity contribution in [2.75, 3.05) is 26.6 Å². The van der Waals surface area contributed by atoms with E-state index in [0.717, 1.165) is 5.56 Å². The van der Waals surface area contributed by atoms with Crippen molar-refractivity contribution in [1.29, 1.82) is 0 Å². The van der Waals surface area contributed by atoms with Crippen molar-refractivity contribution < 1.29 is 28.5 Å². The number of anilines is 1. The summed E-state index contributed by atoms with van der Waals surface area (Å²) in [7, 11) is 4.59. The molecular weight excluding hydrogens is 398 g/mol. The Kier molecular flexibility index (Phi) is 8.15. The molecule has 0 fully saturated rings. The number of ether oxygens (including phenoxy) is 4. The number of hydrogen-bond acceptors (Lipinski definition) is 6. The van der Waals surface area contributed by atoms with Gasteiger partial charge in [0.05, 0.1) is 26.4 Å². The summed E-state index contributed by atoms with van der Waals surface area (Å²) in [4.78, 5) is 24.4. The van der Waals surface area contributed by atoms with E-state index in [9.17, 15) is 9.59 Å². The van der Waals surface area contributed by atoms with Gasteiger partial charge >= 0.3 is 5.97 Å². The first-order valence-corrected chi connectivity index (χ1v) is 9.31. The van der Waals surface area contributed by atoms with E-state index in [4.69, 9.17) is 30.5 Å². The van der Waals surface area contributed by atoms with Gasteiger partial charge in [-0.1, -0.05) is 23.7 Å². The first kappa shape index (κ1) is 22.4. The van der Waals surface area contributed by atoms with Crippen molar-refractivity contribution in [3.63, 3.8) is 0 Å². The van der Waals surface area contributed by atoms with Crippen LogP contribution in [0.5, 0.6) is 17.2 Å². The van der Waals surface area contributed by atoms with Crippen LogP contribution >= 0.6 is 11.6 Å². The van der Waals surface area contributed by atoms with Gasteiger partial charge in [-0.25, -0.2) is 0 Å². The van der Waals surface area contributed by atoms with E-state index < -0.39 is 18.0 Å². The minimum Gasteiger partial charge on any atom is -0.495 e. The van der Waals surface area contributed by atoms with E-state index in [1.54, 1.807) is 31.4 Å². The van der Waals surface area contributed by atoms with Crippen LogP contribution < -0.4 is 19.5 Å². The zero-order valence-electron chi connectivity index (χ0n) is 16.8. The summed E-state index contributed by atoms with van der Waals surface area (Å²) >= 11 is 6.04. The molecule has 7 nitrogen and oxygen atoms in total. The van der Waals surface area contributed by atoms with Crippen molar-refractivity contribution in [2.45, 2.75) is 25.9 Å². The number of nitrogens with one attached hydrogen (secondary N) is 1. The monoisotopic (exact) mass is 421 g/mol. The summed E-state index contributed by atoms with van der Waals surface area (Å²) in [5.74, 6) is 0.704. The molecule has 0 aliphatic heterocycles. The second-order valence-electron chi connectivity index (χ2n) is 6.12. The van der Waals surface area contributed by atoms with Crippen LogP contribution in [0, 0.1) is 0 Å². The Hall–Kier alpha value is -2.93. The molecule has 0 unspecified atom stereocenters. The van der Waals surface area contributed by atoms with Gasteiger partial charge in [0, 0.05) is 12.1 Å². The van der Waals surface area contributed by atoms with Gasteiger partial charge in [0.2, 0.25) is 0 Å². The van der Waals surface area contributed by atoms with E-state index >= 15 is 0 Å². The average molecular weight is 422 g/mol. The smallest absolute Gasteiger partial charge is 0.306 e. The molecule has 0 saturated heterocycles. The Balaban J connectivity index is 1.90. The third-order valence-corrected chi connectivity index (χ3v) is 4.48. The SMILES string of the molecule is COc1ccc(NC(=O)[C@@H](C)OC(=O)CCc2cccc(OC)c2OC)cc1Cl. The summed E-state index contributed by atoms with van der Waals surface area (Å²) in [5, 5.41) is 3.02. The van der Waals surface area contributed by atoms with Gasteiger partial charge in [0.15, 0.2) is 17.6 Å². The van der Waals surface area contributed by atoms with Crippen LogP contribution in [-0.2, 0) is 20.7 Å². The standard InChI is InChI=1S/C21H24ClNO6/c1-13(21(25)23-15-9-10-17(26-2)16(22)12-15)29-19(24)11-8-14-6-5-7-18(27-3)20(14)28-4/h5-7,9-10,12-13H,8,11H2,1-4H3,(H,23,25)/t13-/m1/s1. The fourth-order valence-electron chi connectivity index (χ4n) is 2.68. The molecule has 8 heteroatoms. The lowest BCUT2D eigenvalue weighted by Gasteiger charge is -2.15. The minimum atomic E-state index is -0.962. The molecule has 156 valence electrons. The summed E-state index contributed by atoms with van der Waals surface area (Å²) in [6, 6.07) is 10.3. The maximum absolute atomic E-state index is 12.3. The molecular formula is C21H24ClNO6. The normalized spacial score (nSPS) is 11.3. The molecule has 2 aromatic carbocycles. The zero-order chi connectivity index (χ0) is 21.4. The molecule has 1 atom stereocenters. The van der Waals surface area contributed by atoms with Gasteiger partial charge in [-0.3, -0.25) is 9.59 Å². The maximum Gasteiger partial charge on any atom is 0.306 e. The highest BCUT2D eigenvalue weighted by Gasteiger charge is 2.19. The summed E-state index contributed by atoms with van der Waals surface area (Å²) in [6.45, 7) is 1.50. The number of carbonyl (C=O) groups excluding carboxylic acids is 2. The molecule has 0 aliphatic carbocycles. The summed E-state index contributed by atoms with van der Waals surface area (Å²) in [6.07, 6.45) is -0.479. The molecule has 0 spiro atoms.